The monoisotopic (exact) mass is 376 g/mol. The Morgan fingerprint density at radius 3 is 2.62 bits per heavy atom. The lowest BCUT2D eigenvalue weighted by molar-refractivity contribution is -0.115. The predicted molar refractivity (Wildman–Crippen MR) is 103 cm³/mol. The van der Waals surface area contributed by atoms with Gasteiger partial charge in [-0.15, -0.1) is 0 Å². The van der Waals surface area contributed by atoms with Crippen LogP contribution in [0.3, 0.4) is 0 Å². The summed E-state index contributed by atoms with van der Waals surface area (Å²) in [7, 11) is 0. The molecule has 3 rings (SSSR count). The minimum absolute atomic E-state index is 0.170. The number of rotatable bonds is 3. The van der Waals surface area contributed by atoms with E-state index in [-0.39, 0.29) is 5.91 Å². The zero-order valence-electron chi connectivity index (χ0n) is 12.8. The summed E-state index contributed by atoms with van der Waals surface area (Å²) in [5, 5.41) is 4.03. The van der Waals surface area contributed by atoms with Gasteiger partial charge in [0.1, 0.15) is 0 Å². The van der Waals surface area contributed by atoms with Gasteiger partial charge >= 0.3 is 0 Å². The molecule has 2 aromatic rings. The fourth-order valence-electron chi connectivity index (χ4n) is 2.17. The SMILES string of the molecule is CCc1ccc(C=C2SC(=Nc3cccc(Cl)c3Cl)NC2=O)cc1. The highest BCUT2D eigenvalue weighted by atomic mass is 35.5. The normalized spacial score (nSPS) is 17.5. The van der Waals surface area contributed by atoms with Crippen LogP contribution < -0.4 is 5.32 Å². The van der Waals surface area contributed by atoms with Crippen molar-refractivity contribution < 1.29 is 4.79 Å². The van der Waals surface area contributed by atoms with Gasteiger partial charge in [-0.1, -0.05) is 60.5 Å². The number of carbonyl (C=O) groups is 1. The van der Waals surface area contributed by atoms with Gasteiger partial charge in [-0.05, 0) is 47.5 Å². The number of nitrogens with one attached hydrogen (secondary N) is 1. The molecule has 1 saturated heterocycles. The molecule has 1 aliphatic heterocycles. The van der Waals surface area contributed by atoms with E-state index in [1.807, 2.05) is 18.2 Å². The summed E-state index contributed by atoms with van der Waals surface area (Å²) in [6, 6.07) is 13.3. The Morgan fingerprint density at radius 2 is 1.92 bits per heavy atom. The summed E-state index contributed by atoms with van der Waals surface area (Å²) in [4.78, 5) is 17.1. The standard InChI is InChI=1S/C18H14Cl2N2OS/c1-2-11-6-8-12(9-7-11)10-15-17(23)22-18(24-15)21-14-5-3-4-13(19)16(14)20/h3-10H,2H2,1H3,(H,21,22,23). The second-order valence-electron chi connectivity index (χ2n) is 5.15. The first-order valence-corrected chi connectivity index (χ1v) is 8.96. The number of aryl methyl sites for hydroxylation is 1. The number of amides is 1. The number of aliphatic imine (C=N–C) groups is 1. The lowest BCUT2D eigenvalue weighted by atomic mass is 10.1. The Balaban J connectivity index is 1.83. The summed E-state index contributed by atoms with van der Waals surface area (Å²) < 4.78 is 0. The molecular weight excluding hydrogens is 363 g/mol. The lowest BCUT2D eigenvalue weighted by Crippen LogP contribution is -2.19. The second kappa shape index (κ2) is 7.43. The molecule has 0 atom stereocenters. The Kier molecular flexibility index (Phi) is 5.29. The number of benzene rings is 2. The van der Waals surface area contributed by atoms with Crippen molar-refractivity contribution in [3.05, 3.63) is 68.5 Å². The van der Waals surface area contributed by atoms with Gasteiger partial charge in [0.05, 0.1) is 20.6 Å². The van der Waals surface area contributed by atoms with Gasteiger partial charge in [-0.25, -0.2) is 4.99 Å². The van der Waals surface area contributed by atoms with Gasteiger partial charge in [-0.2, -0.15) is 0 Å². The van der Waals surface area contributed by atoms with Crippen LogP contribution in [0, 0.1) is 0 Å². The van der Waals surface area contributed by atoms with Crippen LogP contribution in [0.15, 0.2) is 52.4 Å². The summed E-state index contributed by atoms with van der Waals surface area (Å²) >= 11 is 13.4. The van der Waals surface area contributed by atoms with Gasteiger partial charge in [0.2, 0.25) is 0 Å². The number of nitrogens with zero attached hydrogens (tertiary/aromatic N) is 1. The van der Waals surface area contributed by atoms with Gasteiger partial charge in [0.15, 0.2) is 5.17 Å². The third-order valence-electron chi connectivity index (χ3n) is 3.49. The molecule has 0 aromatic heterocycles. The van der Waals surface area contributed by atoms with E-state index in [2.05, 4.69) is 29.4 Å². The Bertz CT molecular complexity index is 845. The summed E-state index contributed by atoms with van der Waals surface area (Å²) in [6.07, 6.45) is 2.84. The third-order valence-corrected chi connectivity index (χ3v) is 5.21. The van der Waals surface area contributed by atoms with Crippen molar-refractivity contribution in [3.63, 3.8) is 0 Å². The minimum atomic E-state index is -0.170. The molecule has 122 valence electrons. The molecule has 0 bridgehead atoms. The van der Waals surface area contributed by atoms with Crippen molar-refractivity contribution in [2.75, 3.05) is 0 Å². The molecule has 3 nitrogen and oxygen atoms in total. The molecule has 1 fully saturated rings. The number of amidine groups is 1. The van der Waals surface area contributed by atoms with Crippen molar-refractivity contribution >= 4 is 57.8 Å². The van der Waals surface area contributed by atoms with Crippen LogP contribution in [0.25, 0.3) is 6.08 Å². The molecule has 0 saturated carbocycles. The molecule has 1 N–H and O–H groups in total. The van der Waals surface area contributed by atoms with Crippen molar-refractivity contribution in [3.8, 4) is 0 Å². The van der Waals surface area contributed by atoms with Crippen LogP contribution in [0.4, 0.5) is 5.69 Å². The van der Waals surface area contributed by atoms with Crippen molar-refractivity contribution in [2.24, 2.45) is 4.99 Å². The van der Waals surface area contributed by atoms with E-state index in [4.69, 9.17) is 23.2 Å². The first-order chi connectivity index (χ1) is 11.6. The molecule has 0 aliphatic carbocycles. The van der Waals surface area contributed by atoms with Crippen LogP contribution in [0.1, 0.15) is 18.1 Å². The highest BCUT2D eigenvalue weighted by molar-refractivity contribution is 8.18. The maximum atomic E-state index is 12.1. The largest absolute Gasteiger partial charge is 0.300 e. The zero-order valence-corrected chi connectivity index (χ0v) is 15.2. The fraction of sp³-hybridized carbons (Fsp3) is 0.111. The molecule has 24 heavy (non-hydrogen) atoms. The van der Waals surface area contributed by atoms with E-state index >= 15 is 0 Å². The van der Waals surface area contributed by atoms with E-state index in [9.17, 15) is 4.79 Å². The molecule has 2 aromatic carbocycles. The third kappa shape index (κ3) is 3.83. The molecule has 0 spiro atoms. The van der Waals surface area contributed by atoms with Crippen LogP contribution in [-0.2, 0) is 11.2 Å². The van der Waals surface area contributed by atoms with Crippen molar-refractivity contribution in [1.82, 2.24) is 5.32 Å². The number of hydrogen-bond acceptors (Lipinski definition) is 3. The van der Waals surface area contributed by atoms with Gasteiger partial charge in [0.25, 0.3) is 5.91 Å². The molecule has 1 aliphatic rings. The van der Waals surface area contributed by atoms with E-state index in [1.165, 1.54) is 17.3 Å². The predicted octanol–water partition coefficient (Wildman–Crippen LogP) is 5.45. The van der Waals surface area contributed by atoms with Gasteiger partial charge < -0.3 is 5.32 Å². The summed E-state index contributed by atoms with van der Waals surface area (Å²) in [5.74, 6) is -0.170. The van der Waals surface area contributed by atoms with Crippen LogP contribution in [-0.4, -0.2) is 11.1 Å². The summed E-state index contributed by atoms with van der Waals surface area (Å²) in [6.45, 7) is 2.11. The Labute approximate surface area is 154 Å². The highest BCUT2D eigenvalue weighted by Crippen LogP contribution is 2.34. The number of thioether (sulfide) groups is 1. The number of carbonyl (C=O) groups excluding carboxylic acids is 1. The topological polar surface area (TPSA) is 41.5 Å². The quantitative estimate of drug-likeness (QED) is 0.723. The van der Waals surface area contributed by atoms with Crippen molar-refractivity contribution in [1.29, 1.82) is 0 Å². The molecule has 1 amide bonds. The fourth-order valence-corrected chi connectivity index (χ4v) is 3.34. The Morgan fingerprint density at radius 1 is 1.17 bits per heavy atom. The number of hydrogen-bond donors (Lipinski definition) is 1. The van der Waals surface area contributed by atoms with Crippen LogP contribution >= 0.6 is 35.0 Å². The first kappa shape index (κ1) is 17.1. The molecule has 0 unspecified atom stereocenters. The van der Waals surface area contributed by atoms with E-state index in [1.54, 1.807) is 18.2 Å². The molecule has 6 heteroatoms. The minimum Gasteiger partial charge on any atom is -0.300 e. The summed E-state index contributed by atoms with van der Waals surface area (Å²) in [5.41, 5.74) is 2.77. The molecule has 0 radical (unpaired) electrons. The maximum absolute atomic E-state index is 12.1. The highest BCUT2D eigenvalue weighted by Gasteiger charge is 2.24. The molecular formula is C18H14Cl2N2OS. The smallest absolute Gasteiger partial charge is 0.264 e. The van der Waals surface area contributed by atoms with E-state index < -0.39 is 0 Å². The lowest BCUT2D eigenvalue weighted by Gasteiger charge is -2.01. The average Bonchev–Trinajstić information content (AvgIpc) is 2.92. The van der Waals surface area contributed by atoms with Crippen LogP contribution in [0.2, 0.25) is 10.0 Å². The Hall–Kier alpha value is -1.75. The first-order valence-electron chi connectivity index (χ1n) is 7.39. The van der Waals surface area contributed by atoms with Crippen molar-refractivity contribution in [2.45, 2.75) is 13.3 Å². The van der Waals surface area contributed by atoms with E-state index in [0.717, 1.165) is 12.0 Å². The average molecular weight is 377 g/mol. The van der Waals surface area contributed by atoms with Crippen LogP contribution in [0.5, 0.6) is 0 Å². The zero-order chi connectivity index (χ0) is 17.1. The van der Waals surface area contributed by atoms with E-state index in [0.29, 0.717) is 25.8 Å². The molecule has 1 heterocycles. The maximum Gasteiger partial charge on any atom is 0.264 e. The second-order valence-corrected chi connectivity index (χ2v) is 6.97. The number of halogens is 2. The van der Waals surface area contributed by atoms with Gasteiger partial charge in [0, 0.05) is 0 Å². The van der Waals surface area contributed by atoms with Gasteiger partial charge in [-0.3, -0.25) is 4.79 Å².